The Hall–Kier alpha value is -4.29. The van der Waals surface area contributed by atoms with Crippen LogP contribution >= 0.6 is 11.3 Å². The molecule has 0 unspecified atom stereocenters. The number of nitrogens with one attached hydrogen (secondary N) is 1. The standard InChI is InChI=1S/C22H14N4O4S/c1-13-8-21(27)30-20-9-16(4-7-18(13)20)24-11-15(10-23)22-25-19(12-31-22)14-2-5-17(6-3-14)26(28)29/h2-9,11-12,24H,1H3. The molecule has 0 saturated heterocycles. The largest absolute Gasteiger partial charge is 0.423 e. The number of nitro benzene ring substituents is 1. The Labute approximate surface area is 179 Å². The van der Waals surface area contributed by atoms with Gasteiger partial charge in [0.15, 0.2) is 0 Å². The fourth-order valence-electron chi connectivity index (χ4n) is 3.00. The molecule has 152 valence electrons. The lowest BCUT2D eigenvalue weighted by molar-refractivity contribution is -0.384. The van der Waals surface area contributed by atoms with Crippen molar-refractivity contribution in [1.82, 2.24) is 4.98 Å². The predicted molar refractivity (Wildman–Crippen MR) is 119 cm³/mol. The van der Waals surface area contributed by atoms with Crippen LogP contribution in [0.15, 0.2) is 69.3 Å². The smallest absolute Gasteiger partial charge is 0.336 e. The van der Waals surface area contributed by atoms with Crippen molar-refractivity contribution in [2.45, 2.75) is 6.92 Å². The zero-order chi connectivity index (χ0) is 22.0. The van der Waals surface area contributed by atoms with Gasteiger partial charge in [-0.05, 0) is 36.8 Å². The predicted octanol–water partition coefficient (Wildman–Crippen LogP) is 5.11. The molecule has 9 heteroatoms. The Morgan fingerprint density at radius 1 is 1.26 bits per heavy atom. The van der Waals surface area contributed by atoms with Gasteiger partial charge in [0.25, 0.3) is 5.69 Å². The molecular formula is C22H14N4O4S. The van der Waals surface area contributed by atoms with Crippen LogP contribution in [-0.2, 0) is 0 Å². The van der Waals surface area contributed by atoms with Gasteiger partial charge in [0.2, 0.25) is 0 Å². The molecule has 0 spiro atoms. The summed E-state index contributed by atoms with van der Waals surface area (Å²) in [5.74, 6) is 0. The molecule has 4 aromatic rings. The van der Waals surface area contributed by atoms with Crippen LogP contribution in [0.25, 0.3) is 27.8 Å². The molecule has 0 amide bonds. The molecule has 0 atom stereocenters. The summed E-state index contributed by atoms with van der Waals surface area (Å²) < 4.78 is 5.24. The Morgan fingerprint density at radius 3 is 2.74 bits per heavy atom. The number of nitro groups is 1. The second-order valence-corrected chi connectivity index (χ2v) is 7.47. The number of rotatable bonds is 5. The molecule has 31 heavy (non-hydrogen) atoms. The van der Waals surface area contributed by atoms with Crippen LogP contribution in [0.4, 0.5) is 11.4 Å². The quantitative estimate of drug-likeness (QED) is 0.202. The molecule has 0 aliphatic heterocycles. The number of fused-ring (bicyclic) bond motifs is 1. The van der Waals surface area contributed by atoms with E-state index in [1.54, 1.807) is 23.6 Å². The zero-order valence-electron chi connectivity index (χ0n) is 16.2. The van der Waals surface area contributed by atoms with Gasteiger partial charge in [-0.25, -0.2) is 9.78 Å². The number of allylic oxidation sites excluding steroid dienone is 1. The van der Waals surface area contributed by atoms with Crippen LogP contribution in [0.1, 0.15) is 10.6 Å². The zero-order valence-corrected chi connectivity index (χ0v) is 17.0. The van der Waals surface area contributed by atoms with Gasteiger partial charge >= 0.3 is 5.63 Å². The van der Waals surface area contributed by atoms with Crippen molar-refractivity contribution in [3.8, 4) is 17.3 Å². The number of thiazole rings is 1. The summed E-state index contributed by atoms with van der Waals surface area (Å²) in [6.45, 7) is 1.84. The number of hydrogen-bond acceptors (Lipinski definition) is 8. The van der Waals surface area contributed by atoms with Crippen molar-refractivity contribution in [2.24, 2.45) is 0 Å². The van der Waals surface area contributed by atoms with Gasteiger partial charge in [0.1, 0.15) is 22.2 Å². The first-order chi connectivity index (χ1) is 14.9. The van der Waals surface area contributed by atoms with E-state index >= 15 is 0 Å². The summed E-state index contributed by atoms with van der Waals surface area (Å²) >= 11 is 1.29. The minimum atomic E-state index is -0.461. The summed E-state index contributed by atoms with van der Waals surface area (Å²) in [7, 11) is 0. The molecule has 0 aliphatic rings. The van der Waals surface area contributed by atoms with Gasteiger partial charge in [-0.2, -0.15) is 5.26 Å². The van der Waals surface area contributed by atoms with Gasteiger partial charge in [0, 0.05) is 52.5 Å². The minimum Gasteiger partial charge on any atom is -0.423 e. The first-order valence-corrected chi connectivity index (χ1v) is 9.94. The number of nitrogens with zero attached hydrogens (tertiary/aromatic N) is 3. The summed E-state index contributed by atoms with van der Waals surface area (Å²) in [4.78, 5) is 26.4. The van der Waals surface area contributed by atoms with Crippen LogP contribution in [-0.4, -0.2) is 9.91 Å². The highest BCUT2D eigenvalue weighted by Gasteiger charge is 2.11. The lowest BCUT2D eigenvalue weighted by atomic mass is 10.1. The lowest BCUT2D eigenvalue weighted by Gasteiger charge is -2.05. The van der Waals surface area contributed by atoms with E-state index in [-0.39, 0.29) is 5.69 Å². The van der Waals surface area contributed by atoms with E-state index in [0.29, 0.717) is 27.5 Å². The van der Waals surface area contributed by atoms with E-state index in [1.165, 1.54) is 35.7 Å². The monoisotopic (exact) mass is 430 g/mol. The van der Waals surface area contributed by atoms with Crippen LogP contribution in [0.2, 0.25) is 0 Å². The molecule has 2 aromatic heterocycles. The highest BCUT2D eigenvalue weighted by Crippen LogP contribution is 2.28. The number of nitriles is 1. The molecule has 8 nitrogen and oxygen atoms in total. The molecule has 2 heterocycles. The van der Waals surface area contributed by atoms with E-state index in [9.17, 15) is 20.2 Å². The van der Waals surface area contributed by atoms with Crippen molar-refractivity contribution < 1.29 is 9.34 Å². The van der Waals surface area contributed by atoms with Gasteiger partial charge < -0.3 is 9.73 Å². The Morgan fingerprint density at radius 2 is 2.03 bits per heavy atom. The third-order valence-corrected chi connectivity index (χ3v) is 5.44. The molecule has 0 saturated carbocycles. The molecular weight excluding hydrogens is 416 g/mol. The van der Waals surface area contributed by atoms with Gasteiger partial charge in [-0.15, -0.1) is 11.3 Å². The number of anilines is 1. The molecule has 0 aliphatic carbocycles. The van der Waals surface area contributed by atoms with Crippen molar-refractivity contribution in [3.05, 3.63) is 91.2 Å². The number of aromatic nitrogens is 1. The van der Waals surface area contributed by atoms with E-state index in [4.69, 9.17) is 4.42 Å². The average Bonchev–Trinajstić information content (AvgIpc) is 3.24. The van der Waals surface area contributed by atoms with Crippen LogP contribution in [0, 0.1) is 28.4 Å². The molecule has 2 aromatic carbocycles. The minimum absolute atomic E-state index is 0.00225. The molecule has 1 N–H and O–H groups in total. The molecule has 4 rings (SSSR count). The second-order valence-electron chi connectivity index (χ2n) is 6.62. The van der Waals surface area contributed by atoms with Crippen LogP contribution in [0.3, 0.4) is 0 Å². The van der Waals surface area contributed by atoms with Crippen LogP contribution < -0.4 is 10.9 Å². The summed E-state index contributed by atoms with van der Waals surface area (Å²) in [6, 6.07) is 15.0. The normalized spacial score (nSPS) is 11.3. The first kappa shape index (κ1) is 20.0. The highest BCUT2D eigenvalue weighted by molar-refractivity contribution is 7.11. The lowest BCUT2D eigenvalue weighted by Crippen LogP contribution is -1.98. The van der Waals surface area contributed by atoms with Crippen molar-refractivity contribution in [3.63, 3.8) is 0 Å². The number of benzene rings is 2. The third-order valence-electron chi connectivity index (χ3n) is 4.56. The van der Waals surface area contributed by atoms with Crippen molar-refractivity contribution >= 4 is 39.3 Å². The third kappa shape index (κ3) is 4.19. The van der Waals surface area contributed by atoms with E-state index in [2.05, 4.69) is 16.4 Å². The number of aryl methyl sites for hydroxylation is 1. The Bertz CT molecular complexity index is 1430. The molecule has 0 fully saturated rings. The average molecular weight is 430 g/mol. The number of hydrogen-bond donors (Lipinski definition) is 1. The maximum absolute atomic E-state index is 11.6. The Kier molecular flexibility index (Phi) is 5.30. The summed E-state index contributed by atoms with van der Waals surface area (Å²) in [6.07, 6.45) is 1.54. The van der Waals surface area contributed by atoms with Crippen molar-refractivity contribution in [2.75, 3.05) is 5.32 Å². The van der Waals surface area contributed by atoms with E-state index in [0.717, 1.165) is 16.5 Å². The maximum atomic E-state index is 11.6. The van der Waals surface area contributed by atoms with E-state index in [1.807, 2.05) is 19.1 Å². The molecule has 0 bridgehead atoms. The Balaban J connectivity index is 1.58. The SMILES string of the molecule is Cc1cc(=O)oc2cc(NC=C(C#N)c3nc(-c4ccc([N+](=O)[O-])cc4)cs3)ccc12. The van der Waals surface area contributed by atoms with Crippen molar-refractivity contribution in [1.29, 1.82) is 5.26 Å². The van der Waals surface area contributed by atoms with Gasteiger partial charge in [0.05, 0.1) is 10.6 Å². The highest BCUT2D eigenvalue weighted by atomic mass is 32.1. The van der Waals surface area contributed by atoms with E-state index < -0.39 is 10.5 Å². The van der Waals surface area contributed by atoms with Crippen LogP contribution in [0.5, 0.6) is 0 Å². The maximum Gasteiger partial charge on any atom is 0.336 e. The summed E-state index contributed by atoms with van der Waals surface area (Å²) in [5.41, 5.74) is 3.19. The summed E-state index contributed by atoms with van der Waals surface area (Å²) in [5, 5.41) is 26.5. The van der Waals surface area contributed by atoms with Gasteiger partial charge in [-0.3, -0.25) is 10.1 Å². The second kappa shape index (κ2) is 8.22. The number of non-ortho nitro benzene ring substituents is 1. The molecule has 0 radical (unpaired) electrons. The fourth-order valence-corrected chi connectivity index (χ4v) is 3.79. The van der Waals surface area contributed by atoms with Gasteiger partial charge in [-0.1, -0.05) is 0 Å². The topological polar surface area (TPSA) is 122 Å². The fraction of sp³-hybridized carbons (Fsp3) is 0.0455. The first-order valence-electron chi connectivity index (χ1n) is 9.06.